The Morgan fingerprint density at radius 2 is 1.66 bits per heavy atom. The maximum Gasteiger partial charge on any atom is 0.277 e. The Hall–Kier alpha value is -3.61. The monoisotopic (exact) mass is 390 g/mol. The van der Waals surface area contributed by atoms with Crippen molar-refractivity contribution in [3.8, 4) is 11.3 Å². The molecule has 1 N–H and O–H groups in total. The van der Waals surface area contributed by atoms with Gasteiger partial charge >= 0.3 is 0 Å². The summed E-state index contributed by atoms with van der Waals surface area (Å²) < 4.78 is 5.29. The van der Waals surface area contributed by atoms with Crippen LogP contribution in [0.1, 0.15) is 17.4 Å². The van der Waals surface area contributed by atoms with E-state index in [1.165, 1.54) is 0 Å². The standard InChI is InChI=1S/C22H22N4O3/c1-16(27)25-11-13-26(14-12-25)19-9-7-18(8-10-19)23-22(28)20-15-21(29-24-20)17-5-3-2-4-6-17/h2-10,15H,11-14H2,1H3,(H,23,28). The molecule has 2 aromatic carbocycles. The number of hydrogen-bond donors (Lipinski definition) is 1. The number of aromatic nitrogens is 1. The summed E-state index contributed by atoms with van der Waals surface area (Å²) in [5, 5.41) is 6.72. The zero-order chi connectivity index (χ0) is 20.2. The molecule has 0 bridgehead atoms. The Kier molecular flexibility index (Phi) is 5.29. The molecule has 4 rings (SSSR count). The highest BCUT2D eigenvalue weighted by Crippen LogP contribution is 2.22. The number of amides is 2. The van der Waals surface area contributed by atoms with Crippen molar-refractivity contribution in [1.29, 1.82) is 0 Å². The Morgan fingerprint density at radius 3 is 2.31 bits per heavy atom. The van der Waals surface area contributed by atoms with E-state index in [-0.39, 0.29) is 17.5 Å². The van der Waals surface area contributed by atoms with E-state index < -0.39 is 0 Å². The summed E-state index contributed by atoms with van der Waals surface area (Å²) in [5.74, 6) is 0.348. The van der Waals surface area contributed by atoms with E-state index in [0.717, 1.165) is 37.4 Å². The summed E-state index contributed by atoms with van der Waals surface area (Å²) in [7, 11) is 0. The molecule has 1 fully saturated rings. The predicted molar refractivity (Wildman–Crippen MR) is 111 cm³/mol. The van der Waals surface area contributed by atoms with E-state index in [2.05, 4.69) is 15.4 Å². The van der Waals surface area contributed by atoms with Crippen LogP contribution in [0.15, 0.2) is 65.2 Å². The molecule has 0 unspecified atom stereocenters. The second-order valence-electron chi connectivity index (χ2n) is 6.94. The molecule has 3 aromatic rings. The van der Waals surface area contributed by atoms with Crippen molar-refractivity contribution in [3.63, 3.8) is 0 Å². The fraction of sp³-hybridized carbons (Fsp3) is 0.227. The topological polar surface area (TPSA) is 78.7 Å². The van der Waals surface area contributed by atoms with Gasteiger partial charge in [-0.2, -0.15) is 0 Å². The number of carbonyl (C=O) groups excluding carboxylic acids is 2. The maximum atomic E-state index is 12.5. The van der Waals surface area contributed by atoms with Gasteiger partial charge in [-0.05, 0) is 24.3 Å². The first-order valence-corrected chi connectivity index (χ1v) is 9.54. The minimum atomic E-state index is -0.321. The van der Waals surface area contributed by atoms with Crippen LogP contribution in [-0.4, -0.2) is 48.0 Å². The van der Waals surface area contributed by atoms with Gasteiger partial charge in [-0.1, -0.05) is 35.5 Å². The van der Waals surface area contributed by atoms with Crippen molar-refractivity contribution in [3.05, 3.63) is 66.4 Å². The van der Waals surface area contributed by atoms with Crippen LogP contribution < -0.4 is 10.2 Å². The van der Waals surface area contributed by atoms with Gasteiger partial charge in [0.2, 0.25) is 5.91 Å². The SMILES string of the molecule is CC(=O)N1CCN(c2ccc(NC(=O)c3cc(-c4ccccc4)on3)cc2)CC1. The molecule has 7 heteroatoms. The maximum absolute atomic E-state index is 12.5. The molecule has 0 aliphatic carbocycles. The van der Waals surface area contributed by atoms with Gasteiger partial charge in [0.05, 0.1) is 0 Å². The van der Waals surface area contributed by atoms with Crippen molar-refractivity contribution in [1.82, 2.24) is 10.1 Å². The lowest BCUT2D eigenvalue weighted by Crippen LogP contribution is -2.48. The van der Waals surface area contributed by atoms with Gasteiger partial charge in [-0.3, -0.25) is 9.59 Å². The Balaban J connectivity index is 1.37. The lowest BCUT2D eigenvalue weighted by atomic mass is 10.1. The van der Waals surface area contributed by atoms with Crippen LogP contribution in [0, 0.1) is 0 Å². The van der Waals surface area contributed by atoms with Crippen molar-refractivity contribution < 1.29 is 14.1 Å². The van der Waals surface area contributed by atoms with Gasteiger partial charge in [-0.15, -0.1) is 0 Å². The normalized spacial score (nSPS) is 14.0. The van der Waals surface area contributed by atoms with Crippen molar-refractivity contribution >= 4 is 23.2 Å². The van der Waals surface area contributed by atoms with E-state index in [4.69, 9.17) is 4.52 Å². The third kappa shape index (κ3) is 4.29. The van der Waals surface area contributed by atoms with Gasteiger partial charge in [0, 0.05) is 56.1 Å². The molecule has 1 aliphatic heterocycles. The van der Waals surface area contributed by atoms with Gasteiger partial charge in [0.1, 0.15) is 0 Å². The van der Waals surface area contributed by atoms with Crippen molar-refractivity contribution in [2.24, 2.45) is 0 Å². The van der Waals surface area contributed by atoms with E-state index in [9.17, 15) is 9.59 Å². The van der Waals surface area contributed by atoms with Gasteiger partial charge in [0.25, 0.3) is 5.91 Å². The molecular formula is C22H22N4O3. The van der Waals surface area contributed by atoms with Crippen LogP contribution in [0.25, 0.3) is 11.3 Å². The summed E-state index contributed by atoms with van der Waals surface area (Å²) in [4.78, 5) is 28.0. The number of nitrogens with one attached hydrogen (secondary N) is 1. The molecule has 1 aromatic heterocycles. The average molecular weight is 390 g/mol. The van der Waals surface area contributed by atoms with Gasteiger partial charge in [0.15, 0.2) is 11.5 Å². The average Bonchev–Trinajstić information content (AvgIpc) is 3.26. The zero-order valence-electron chi connectivity index (χ0n) is 16.2. The molecule has 2 heterocycles. The van der Waals surface area contributed by atoms with Crippen molar-refractivity contribution in [2.75, 3.05) is 36.4 Å². The first-order chi connectivity index (χ1) is 14.1. The van der Waals surface area contributed by atoms with Crippen molar-refractivity contribution in [2.45, 2.75) is 6.92 Å². The Morgan fingerprint density at radius 1 is 0.966 bits per heavy atom. The van der Waals surface area contributed by atoms with Crippen LogP contribution in [0.5, 0.6) is 0 Å². The summed E-state index contributed by atoms with van der Waals surface area (Å²) in [6, 6.07) is 18.8. The molecule has 1 aliphatic rings. The largest absolute Gasteiger partial charge is 0.368 e. The van der Waals surface area contributed by atoms with Crippen LogP contribution in [0.2, 0.25) is 0 Å². The van der Waals surface area contributed by atoms with E-state index in [0.29, 0.717) is 11.4 Å². The number of carbonyl (C=O) groups is 2. The molecule has 0 spiro atoms. The molecular weight excluding hydrogens is 368 g/mol. The van der Waals surface area contributed by atoms with E-state index >= 15 is 0 Å². The summed E-state index contributed by atoms with van der Waals surface area (Å²) in [6.45, 7) is 4.65. The second kappa shape index (κ2) is 8.18. The fourth-order valence-electron chi connectivity index (χ4n) is 3.35. The molecule has 0 radical (unpaired) electrons. The van der Waals surface area contributed by atoms with Gasteiger partial charge < -0.3 is 19.6 Å². The molecule has 0 saturated carbocycles. The Labute approximate surface area is 168 Å². The first kappa shape index (κ1) is 18.7. The van der Waals surface area contributed by atoms with Crippen LogP contribution >= 0.6 is 0 Å². The molecule has 0 atom stereocenters. The quantitative estimate of drug-likeness (QED) is 0.740. The number of rotatable bonds is 4. The molecule has 2 amide bonds. The van der Waals surface area contributed by atoms with E-state index in [1.807, 2.05) is 59.5 Å². The summed E-state index contributed by atoms with van der Waals surface area (Å²) in [5.41, 5.74) is 2.85. The number of hydrogen-bond acceptors (Lipinski definition) is 5. The number of nitrogens with zero attached hydrogens (tertiary/aromatic N) is 3. The third-order valence-electron chi connectivity index (χ3n) is 5.02. The van der Waals surface area contributed by atoms with Crippen LogP contribution in [0.4, 0.5) is 11.4 Å². The lowest BCUT2D eigenvalue weighted by Gasteiger charge is -2.35. The van der Waals surface area contributed by atoms with E-state index in [1.54, 1.807) is 13.0 Å². The van der Waals surface area contributed by atoms with Crippen LogP contribution in [-0.2, 0) is 4.79 Å². The minimum absolute atomic E-state index is 0.117. The van der Waals surface area contributed by atoms with Crippen LogP contribution in [0.3, 0.4) is 0 Å². The minimum Gasteiger partial charge on any atom is -0.368 e. The molecule has 7 nitrogen and oxygen atoms in total. The second-order valence-corrected chi connectivity index (χ2v) is 6.94. The highest BCUT2D eigenvalue weighted by atomic mass is 16.5. The Bertz CT molecular complexity index is 990. The summed E-state index contributed by atoms with van der Waals surface area (Å²) >= 11 is 0. The highest BCUT2D eigenvalue weighted by molar-refractivity contribution is 6.03. The number of anilines is 2. The smallest absolute Gasteiger partial charge is 0.277 e. The third-order valence-corrected chi connectivity index (χ3v) is 5.02. The first-order valence-electron chi connectivity index (χ1n) is 9.54. The number of piperazine rings is 1. The molecule has 29 heavy (non-hydrogen) atoms. The molecule has 148 valence electrons. The number of benzene rings is 2. The molecule has 1 saturated heterocycles. The summed E-state index contributed by atoms with van der Waals surface area (Å²) in [6.07, 6.45) is 0. The zero-order valence-corrected chi connectivity index (χ0v) is 16.2. The lowest BCUT2D eigenvalue weighted by molar-refractivity contribution is -0.129. The predicted octanol–water partition coefficient (Wildman–Crippen LogP) is 3.26. The fourth-order valence-corrected chi connectivity index (χ4v) is 3.35. The van der Waals surface area contributed by atoms with Gasteiger partial charge in [-0.25, -0.2) is 0 Å². The highest BCUT2D eigenvalue weighted by Gasteiger charge is 2.19.